The summed E-state index contributed by atoms with van der Waals surface area (Å²) in [7, 11) is 0. The highest BCUT2D eigenvalue weighted by Crippen LogP contribution is 2.28. The molecule has 146 valence electrons. The first-order chi connectivity index (χ1) is 14.0. The van der Waals surface area contributed by atoms with E-state index < -0.39 is 0 Å². The fraction of sp³-hybridized carbons (Fsp3) is 0.200. The Labute approximate surface area is 171 Å². The summed E-state index contributed by atoms with van der Waals surface area (Å²) in [5.74, 6) is -0.0903. The van der Waals surface area contributed by atoms with Crippen molar-refractivity contribution in [3.8, 4) is 5.69 Å². The van der Waals surface area contributed by atoms with Gasteiger partial charge in [0.05, 0.1) is 17.0 Å². The van der Waals surface area contributed by atoms with Crippen LogP contribution in [-0.4, -0.2) is 16.2 Å². The number of aryl methyl sites for hydroxylation is 2. The van der Waals surface area contributed by atoms with Gasteiger partial charge in [0, 0.05) is 17.1 Å². The zero-order chi connectivity index (χ0) is 20.5. The molecule has 0 bridgehead atoms. The fourth-order valence-electron chi connectivity index (χ4n) is 3.92. The molecule has 4 heteroatoms. The first-order valence-electron chi connectivity index (χ1n) is 9.95. The number of rotatable bonds is 4. The van der Waals surface area contributed by atoms with Gasteiger partial charge < -0.3 is 4.57 Å². The van der Waals surface area contributed by atoms with E-state index in [9.17, 15) is 4.79 Å². The summed E-state index contributed by atoms with van der Waals surface area (Å²) in [5.41, 5.74) is 7.96. The second kappa shape index (κ2) is 7.55. The van der Waals surface area contributed by atoms with Crippen LogP contribution in [0.5, 0.6) is 0 Å². The minimum Gasteiger partial charge on any atom is -0.318 e. The molecule has 1 aliphatic heterocycles. The Hall–Kier alpha value is -3.40. The van der Waals surface area contributed by atoms with E-state index in [0.29, 0.717) is 5.57 Å². The van der Waals surface area contributed by atoms with Crippen molar-refractivity contribution >= 4 is 23.4 Å². The first-order valence-corrected chi connectivity index (χ1v) is 9.95. The van der Waals surface area contributed by atoms with Crippen molar-refractivity contribution in [3.63, 3.8) is 0 Å². The third kappa shape index (κ3) is 3.31. The summed E-state index contributed by atoms with van der Waals surface area (Å²) in [4.78, 5) is 13.0. The van der Waals surface area contributed by atoms with E-state index in [0.717, 1.165) is 34.8 Å². The molecular formula is C25H25N3O. The molecule has 0 radical (unpaired) electrons. The van der Waals surface area contributed by atoms with Gasteiger partial charge in [0.25, 0.3) is 5.91 Å². The van der Waals surface area contributed by atoms with Gasteiger partial charge in [0.2, 0.25) is 0 Å². The number of benzene rings is 2. The number of carbonyl (C=O) groups excluding carboxylic acids is 1. The van der Waals surface area contributed by atoms with Crippen LogP contribution in [0.1, 0.15) is 36.4 Å². The lowest BCUT2D eigenvalue weighted by atomic mass is 10.1. The van der Waals surface area contributed by atoms with Crippen molar-refractivity contribution in [2.45, 2.75) is 34.1 Å². The van der Waals surface area contributed by atoms with Gasteiger partial charge in [-0.15, -0.1) is 0 Å². The topological polar surface area (TPSA) is 37.6 Å². The lowest BCUT2D eigenvalue weighted by Crippen LogP contribution is -2.21. The molecule has 0 saturated heterocycles. The summed E-state index contributed by atoms with van der Waals surface area (Å²) in [6.07, 6.45) is 2.94. The molecule has 3 aromatic rings. The molecule has 0 N–H and O–H groups in total. The van der Waals surface area contributed by atoms with Gasteiger partial charge in [-0.25, -0.2) is 0 Å². The zero-order valence-electron chi connectivity index (χ0n) is 17.3. The summed E-state index contributed by atoms with van der Waals surface area (Å²) >= 11 is 0. The highest BCUT2D eigenvalue weighted by Gasteiger charge is 2.29. The van der Waals surface area contributed by atoms with E-state index in [1.54, 1.807) is 0 Å². The van der Waals surface area contributed by atoms with Crippen LogP contribution >= 0.6 is 0 Å². The maximum Gasteiger partial charge on any atom is 0.280 e. The van der Waals surface area contributed by atoms with Gasteiger partial charge in [-0.3, -0.25) is 4.79 Å². The van der Waals surface area contributed by atoms with Crippen LogP contribution in [0.15, 0.2) is 71.3 Å². The quantitative estimate of drug-likeness (QED) is 0.551. The molecule has 2 aromatic carbocycles. The van der Waals surface area contributed by atoms with Crippen LogP contribution < -0.4 is 5.01 Å². The van der Waals surface area contributed by atoms with E-state index in [1.807, 2.05) is 43.3 Å². The number of hydrogen-bond acceptors (Lipinski definition) is 2. The Bertz CT molecular complexity index is 1140. The molecule has 1 amide bonds. The predicted molar refractivity (Wildman–Crippen MR) is 120 cm³/mol. The number of aromatic nitrogens is 1. The molecular weight excluding hydrogens is 358 g/mol. The third-order valence-electron chi connectivity index (χ3n) is 5.45. The number of hydrazone groups is 1. The van der Waals surface area contributed by atoms with Crippen molar-refractivity contribution in [3.05, 3.63) is 88.8 Å². The third-order valence-corrected chi connectivity index (χ3v) is 5.45. The summed E-state index contributed by atoms with van der Waals surface area (Å²) in [6.45, 7) is 8.27. The van der Waals surface area contributed by atoms with Gasteiger partial charge in [-0.05, 0) is 68.7 Å². The van der Waals surface area contributed by atoms with Crippen LogP contribution in [0, 0.1) is 13.8 Å². The lowest BCUT2D eigenvalue weighted by molar-refractivity contribution is -0.114. The summed E-state index contributed by atoms with van der Waals surface area (Å²) in [6, 6.07) is 20.1. The number of anilines is 1. The first kappa shape index (κ1) is 18.9. The van der Waals surface area contributed by atoms with Gasteiger partial charge in [-0.1, -0.05) is 43.3 Å². The molecule has 0 aliphatic carbocycles. The Kier molecular flexibility index (Phi) is 4.93. The van der Waals surface area contributed by atoms with Crippen LogP contribution in [-0.2, 0) is 11.2 Å². The molecule has 0 spiro atoms. The second-order valence-corrected chi connectivity index (χ2v) is 7.34. The van der Waals surface area contributed by atoms with Crippen molar-refractivity contribution in [1.29, 1.82) is 0 Å². The Morgan fingerprint density at radius 3 is 2.38 bits per heavy atom. The summed E-state index contributed by atoms with van der Waals surface area (Å²) < 4.78 is 2.27. The van der Waals surface area contributed by atoms with Crippen molar-refractivity contribution in [2.75, 3.05) is 5.01 Å². The molecule has 2 heterocycles. The van der Waals surface area contributed by atoms with Crippen molar-refractivity contribution in [2.24, 2.45) is 5.10 Å². The van der Waals surface area contributed by atoms with E-state index in [4.69, 9.17) is 0 Å². The smallest absolute Gasteiger partial charge is 0.280 e. The molecule has 0 atom stereocenters. The molecule has 0 fully saturated rings. The number of nitrogens with zero attached hydrogens (tertiary/aromatic N) is 3. The van der Waals surface area contributed by atoms with E-state index >= 15 is 0 Å². The number of carbonyl (C=O) groups is 1. The molecule has 4 rings (SSSR count). The number of amides is 1. The van der Waals surface area contributed by atoms with Crippen LogP contribution in [0.4, 0.5) is 5.69 Å². The number of para-hydroxylation sites is 2. The molecule has 29 heavy (non-hydrogen) atoms. The maximum atomic E-state index is 13.0. The van der Waals surface area contributed by atoms with Crippen LogP contribution in [0.3, 0.4) is 0 Å². The molecule has 1 aliphatic rings. The standard InChI is InChI=1S/C25H25N3O/c1-5-20-11-9-10-14-24(20)27-17(2)15-21(19(27)4)16-23-18(3)26-28(25(23)29)22-12-7-6-8-13-22/h6-16H,5H2,1-4H3/b23-16+. The Morgan fingerprint density at radius 2 is 1.66 bits per heavy atom. The molecule has 4 nitrogen and oxygen atoms in total. The molecule has 0 unspecified atom stereocenters. The van der Waals surface area contributed by atoms with Crippen LogP contribution in [0.2, 0.25) is 0 Å². The van der Waals surface area contributed by atoms with E-state index in [1.165, 1.54) is 16.3 Å². The lowest BCUT2D eigenvalue weighted by Gasteiger charge is -2.14. The average molecular weight is 383 g/mol. The largest absolute Gasteiger partial charge is 0.318 e. The predicted octanol–water partition coefficient (Wildman–Crippen LogP) is 5.46. The average Bonchev–Trinajstić information content (AvgIpc) is 3.18. The van der Waals surface area contributed by atoms with Gasteiger partial charge in [0.15, 0.2) is 0 Å². The minimum atomic E-state index is -0.0903. The highest BCUT2D eigenvalue weighted by molar-refractivity contribution is 6.32. The Balaban J connectivity index is 1.75. The molecule has 1 aromatic heterocycles. The second-order valence-electron chi connectivity index (χ2n) is 7.34. The van der Waals surface area contributed by atoms with Gasteiger partial charge in [0.1, 0.15) is 0 Å². The number of hydrogen-bond donors (Lipinski definition) is 0. The zero-order valence-corrected chi connectivity index (χ0v) is 17.3. The van der Waals surface area contributed by atoms with E-state index in [2.05, 4.69) is 60.8 Å². The van der Waals surface area contributed by atoms with E-state index in [-0.39, 0.29) is 5.91 Å². The highest BCUT2D eigenvalue weighted by atomic mass is 16.2. The van der Waals surface area contributed by atoms with Crippen molar-refractivity contribution < 1.29 is 4.79 Å². The maximum absolute atomic E-state index is 13.0. The SMILES string of the molecule is CCc1ccccc1-n1c(C)cc(/C=C2/C(=O)N(c3ccccc3)N=C2C)c1C. The minimum absolute atomic E-state index is 0.0903. The fourth-order valence-corrected chi connectivity index (χ4v) is 3.92. The molecule has 0 saturated carbocycles. The summed E-state index contributed by atoms with van der Waals surface area (Å²) in [5, 5.41) is 5.97. The van der Waals surface area contributed by atoms with Crippen LogP contribution in [0.25, 0.3) is 11.8 Å². The van der Waals surface area contributed by atoms with Crippen molar-refractivity contribution in [1.82, 2.24) is 4.57 Å². The Morgan fingerprint density at radius 1 is 0.966 bits per heavy atom. The normalized spacial score (nSPS) is 15.3. The van der Waals surface area contributed by atoms with Gasteiger partial charge in [-0.2, -0.15) is 10.1 Å². The monoisotopic (exact) mass is 383 g/mol. The van der Waals surface area contributed by atoms with Gasteiger partial charge >= 0.3 is 0 Å².